The highest BCUT2D eigenvalue weighted by Gasteiger charge is 2.14. The van der Waals surface area contributed by atoms with Crippen molar-refractivity contribution >= 4 is 92.1 Å². The molecule has 0 bridgehead atoms. The Morgan fingerprint density at radius 3 is 2.61 bits per heavy atom. The molecule has 0 saturated carbocycles. The lowest BCUT2D eigenvalue weighted by Crippen LogP contribution is -2.44. The number of nitrogens with one attached hydrogen (secondary N) is 1. The summed E-state index contributed by atoms with van der Waals surface area (Å²) in [6, 6.07) is 8.41. The van der Waals surface area contributed by atoms with Crippen LogP contribution in [0, 0.1) is 0 Å². The second-order valence-corrected chi connectivity index (χ2v) is 9.51. The van der Waals surface area contributed by atoms with Gasteiger partial charge < -0.3 is 15.1 Å². The lowest BCUT2D eigenvalue weighted by molar-refractivity contribution is 0.154. The van der Waals surface area contributed by atoms with Gasteiger partial charge in [-0.05, 0) is 43.6 Å². The monoisotopic (exact) mass is 587 g/mol. The molecule has 172 valence electrons. The number of thiophene rings is 1. The van der Waals surface area contributed by atoms with Gasteiger partial charge in [-0.2, -0.15) is 0 Å². The van der Waals surface area contributed by atoms with Gasteiger partial charge in [-0.3, -0.25) is 0 Å². The summed E-state index contributed by atoms with van der Waals surface area (Å²) in [7, 11) is 2.18. The summed E-state index contributed by atoms with van der Waals surface area (Å²) < 4.78 is 2.28. The van der Waals surface area contributed by atoms with Crippen LogP contribution < -0.4 is 5.32 Å². The molecule has 0 aliphatic carbocycles. The SMILES string of the molecule is CN1CCN(CCCNc2ncc(Cl)c(-c3cc4ccc(Br)cc4s3)n2)CC1.Cl.Cl.Cl. The highest BCUT2D eigenvalue weighted by atomic mass is 79.9. The van der Waals surface area contributed by atoms with Crippen molar-refractivity contribution in [1.82, 2.24) is 19.8 Å². The van der Waals surface area contributed by atoms with Crippen LogP contribution in [0.25, 0.3) is 20.7 Å². The first-order valence-electron chi connectivity index (χ1n) is 9.45. The standard InChI is InChI=1S/C20H23BrClN5S.3ClH/c1-26-7-9-27(10-8-26)6-2-5-23-20-24-13-16(22)19(25-20)18-11-14-3-4-15(21)12-17(14)28-18;;;/h3-4,11-13H,2,5-10H2,1H3,(H,23,24,25);3*1H. The highest BCUT2D eigenvalue weighted by Crippen LogP contribution is 2.37. The Balaban J connectivity index is 0.00000160. The molecule has 0 unspecified atom stereocenters. The molecule has 1 N–H and O–H groups in total. The Labute approximate surface area is 219 Å². The van der Waals surface area contributed by atoms with E-state index in [1.807, 2.05) is 6.07 Å². The van der Waals surface area contributed by atoms with Gasteiger partial charge in [0.05, 0.1) is 16.1 Å². The summed E-state index contributed by atoms with van der Waals surface area (Å²) in [5.74, 6) is 0.636. The molecule has 1 aromatic carbocycles. The molecule has 31 heavy (non-hydrogen) atoms. The van der Waals surface area contributed by atoms with Crippen molar-refractivity contribution in [1.29, 1.82) is 0 Å². The average Bonchev–Trinajstić information content (AvgIpc) is 3.10. The maximum Gasteiger partial charge on any atom is 0.223 e. The van der Waals surface area contributed by atoms with Crippen LogP contribution in [0.3, 0.4) is 0 Å². The van der Waals surface area contributed by atoms with Crippen molar-refractivity contribution in [2.75, 3.05) is 51.6 Å². The number of rotatable bonds is 6. The van der Waals surface area contributed by atoms with E-state index in [9.17, 15) is 0 Å². The molecule has 3 heterocycles. The van der Waals surface area contributed by atoms with Crippen LogP contribution >= 0.6 is 76.1 Å². The summed E-state index contributed by atoms with van der Waals surface area (Å²) in [5.41, 5.74) is 0.788. The Morgan fingerprint density at radius 1 is 1.13 bits per heavy atom. The Morgan fingerprint density at radius 2 is 1.87 bits per heavy atom. The van der Waals surface area contributed by atoms with Gasteiger partial charge in [0, 0.05) is 41.9 Å². The third-order valence-corrected chi connectivity index (χ3v) is 6.86. The van der Waals surface area contributed by atoms with Crippen molar-refractivity contribution in [2.24, 2.45) is 0 Å². The van der Waals surface area contributed by atoms with Gasteiger partial charge in [0.1, 0.15) is 5.69 Å². The molecule has 4 rings (SSSR count). The van der Waals surface area contributed by atoms with Gasteiger partial charge in [0.2, 0.25) is 5.95 Å². The maximum absolute atomic E-state index is 6.40. The molecule has 0 atom stereocenters. The second-order valence-electron chi connectivity index (χ2n) is 7.11. The van der Waals surface area contributed by atoms with Crippen molar-refractivity contribution in [2.45, 2.75) is 6.42 Å². The zero-order chi connectivity index (χ0) is 19.5. The number of hydrogen-bond acceptors (Lipinski definition) is 6. The van der Waals surface area contributed by atoms with E-state index in [-0.39, 0.29) is 37.2 Å². The molecule has 1 fully saturated rings. The number of hydrogen-bond donors (Lipinski definition) is 1. The minimum Gasteiger partial charge on any atom is -0.354 e. The Bertz CT molecular complexity index is 966. The number of likely N-dealkylation sites (N-methyl/N-ethyl adjacent to an activating group) is 1. The molecule has 0 spiro atoms. The maximum atomic E-state index is 6.40. The lowest BCUT2D eigenvalue weighted by Gasteiger charge is -2.32. The van der Waals surface area contributed by atoms with E-state index in [4.69, 9.17) is 11.6 Å². The predicted octanol–water partition coefficient (Wildman–Crippen LogP) is 6.09. The quantitative estimate of drug-likeness (QED) is 0.353. The van der Waals surface area contributed by atoms with Crippen molar-refractivity contribution in [3.05, 3.63) is 40.0 Å². The minimum atomic E-state index is 0. The van der Waals surface area contributed by atoms with Crippen molar-refractivity contribution in [3.63, 3.8) is 0 Å². The summed E-state index contributed by atoms with van der Waals surface area (Å²) in [5, 5.41) is 5.12. The minimum absolute atomic E-state index is 0. The number of anilines is 1. The van der Waals surface area contributed by atoms with E-state index in [0.29, 0.717) is 11.0 Å². The number of benzene rings is 1. The van der Waals surface area contributed by atoms with Gasteiger partial charge in [-0.15, -0.1) is 48.6 Å². The largest absolute Gasteiger partial charge is 0.354 e. The van der Waals surface area contributed by atoms with E-state index in [0.717, 1.165) is 60.7 Å². The second kappa shape index (κ2) is 13.4. The summed E-state index contributed by atoms with van der Waals surface area (Å²) in [4.78, 5) is 15.0. The first-order valence-corrected chi connectivity index (χ1v) is 11.4. The fourth-order valence-electron chi connectivity index (χ4n) is 3.32. The smallest absolute Gasteiger partial charge is 0.223 e. The molecular weight excluding hydrogens is 564 g/mol. The summed E-state index contributed by atoms with van der Waals surface area (Å²) in [6.45, 7) is 6.57. The summed E-state index contributed by atoms with van der Waals surface area (Å²) in [6.07, 6.45) is 2.76. The average molecular weight is 590 g/mol. The van der Waals surface area contributed by atoms with E-state index in [1.165, 1.54) is 10.1 Å². The van der Waals surface area contributed by atoms with Crippen LogP contribution in [0.5, 0.6) is 0 Å². The van der Waals surface area contributed by atoms with E-state index >= 15 is 0 Å². The Hall–Kier alpha value is -0.380. The molecule has 5 nitrogen and oxygen atoms in total. The van der Waals surface area contributed by atoms with Crippen LogP contribution in [-0.2, 0) is 0 Å². The molecule has 1 saturated heterocycles. The lowest BCUT2D eigenvalue weighted by atomic mass is 10.2. The van der Waals surface area contributed by atoms with Crippen LogP contribution in [0.2, 0.25) is 5.02 Å². The third kappa shape index (κ3) is 7.57. The fraction of sp³-hybridized carbons (Fsp3) is 0.400. The van der Waals surface area contributed by atoms with Gasteiger partial charge in [0.15, 0.2) is 0 Å². The summed E-state index contributed by atoms with van der Waals surface area (Å²) >= 11 is 11.6. The fourth-order valence-corrected chi connectivity index (χ4v) is 5.19. The molecule has 0 radical (unpaired) electrons. The number of aromatic nitrogens is 2. The number of piperazine rings is 1. The first-order chi connectivity index (χ1) is 13.6. The third-order valence-electron chi connectivity index (χ3n) is 4.99. The normalized spacial score (nSPS) is 14.4. The molecule has 0 amide bonds. The highest BCUT2D eigenvalue weighted by molar-refractivity contribution is 9.10. The number of nitrogens with zero attached hydrogens (tertiary/aromatic N) is 4. The van der Waals surface area contributed by atoms with Crippen molar-refractivity contribution < 1.29 is 0 Å². The van der Waals surface area contributed by atoms with Crippen LogP contribution in [0.1, 0.15) is 6.42 Å². The topological polar surface area (TPSA) is 44.3 Å². The molecule has 1 aliphatic heterocycles. The van der Waals surface area contributed by atoms with Crippen LogP contribution in [0.4, 0.5) is 5.95 Å². The van der Waals surface area contributed by atoms with E-state index in [1.54, 1.807) is 17.5 Å². The zero-order valence-corrected chi connectivity index (χ0v) is 22.6. The number of halogens is 5. The molecule has 1 aliphatic rings. The Kier molecular flexibility index (Phi) is 12.3. The molecule has 11 heteroatoms. The van der Waals surface area contributed by atoms with Crippen LogP contribution in [0.15, 0.2) is 34.9 Å². The van der Waals surface area contributed by atoms with Crippen LogP contribution in [-0.4, -0.2) is 66.1 Å². The van der Waals surface area contributed by atoms with Gasteiger partial charge in [0.25, 0.3) is 0 Å². The van der Waals surface area contributed by atoms with E-state index < -0.39 is 0 Å². The zero-order valence-electron chi connectivity index (χ0n) is 17.0. The first kappa shape index (κ1) is 28.7. The predicted molar refractivity (Wildman–Crippen MR) is 144 cm³/mol. The van der Waals surface area contributed by atoms with Crippen molar-refractivity contribution in [3.8, 4) is 10.6 Å². The van der Waals surface area contributed by atoms with Gasteiger partial charge in [-0.1, -0.05) is 33.6 Å². The molecule has 3 aromatic rings. The van der Waals surface area contributed by atoms with Gasteiger partial charge in [-0.25, -0.2) is 9.97 Å². The molecule has 2 aromatic heterocycles. The molecular formula is C20H26BrCl4N5S. The number of fused-ring (bicyclic) bond motifs is 1. The van der Waals surface area contributed by atoms with E-state index in [2.05, 4.69) is 66.3 Å². The van der Waals surface area contributed by atoms with Gasteiger partial charge >= 0.3 is 0 Å².